The highest BCUT2D eigenvalue weighted by molar-refractivity contribution is 7.89. The van der Waals surface area contributed by atoms with Crippen molar-refractivity contribution in [2.45, 2.75) is 23.8 Å². The van der Waals surface area contributed by atoms with E-state index in [0.29, 0.717) is 31.3 Å². The SMILES string of the molecule is COc1ccc(C(=O)OCC(=O)NCC2CCCO2)cc1S(=O)(=O)N1CCN(c2cccc(Cl)c2)CC1. The molecular formula is C25H30ClN3O7S. The number of benzene rings is 2. The number of carbonyl (C=O) groups excluding carboxylic acids is 2. The van der Waals surface area contributed by atoms with Crippen LogP contribution in [0.15, 0.2) is 47.4 Å². The van der Waals surface area contributed by atoms with Gasteiger partial charge in [-0.2, -0.15) is 4.31 Å². The molecule has 1 atom stereocenters. The van der Waals surface area contributed by atoms with Crippen molar-refractivity contribution in [3.63, 3.8) is 0 Å². The first-order valence-corrected chi connectivity index (χ1v) is 13.8. The first kappa shape index (κ1) is 27.2. The van der Waals surface area contributed by atoms with E-state index >= 15 is 0 Å². The number of nitrogens with one attached hydrogen (secondary N) is 1. The summed E-state index contributed by atoms with van der Waals surface area (Å²) >= 11 is 6.09. The monoisotopic (exact) mass is 551 g/mol. The molecule has 1 amide bonds. The molecule has 10 nitrogen and oxygen atoms in total. The number of esters is 1. The second-order valence-corrected chi connectivity index (χ2v) is 11.1. The van der Waals surface area contributed by atoms with Crippen LogP contribution in [0, 0.1) is 0 Å². The summed E-state index contributed by atoms with van der Waals surface area (Å²) in [5, 5.41) is 3.28. The van der Waals surface area contributed by atoms with Crippen LogP contribution in [-0.2, 0) is 24.3 Å². The molecule has 2 aliphatic rings. The van der Waals surface area contributed by atoms with Crippen LogP contribution in [0.25, 0.3) is 0 Å². The minimum Gasteiger partial charge on any atom is -0.495 e. The lowest BCUT2D eigenvalue weighted by Crippen LogP contribution is -2.48. The van der Waals surface area contributed by atoms with Gasteiger partial charge in [0, 0.05) is 50.0 Å². The molecule has 1 N–H and O–H groups in total. The molecule has 37 heavy (non-hydrogen) atoms. The second kappa shape index (κ2) is 12.1. The number of hydrogen-bond acceptors (Lipinski definition) is 8. The normalized spacial score (nSPS) is 18.4. The van der Waals surface area contributed by atoms with Gasteiger partial charge in [-0.15, -0.1) is 0 Å². The number of halogens is 1. The molecule has 12 heteroatoms. The number of piperazine rings is 1. The van der Waals surface area contributed by atoms with E-state index in [1.54, 1.807) is 6.07 Å². The van der Waals surface area contributed by atoms with Gasteiger partial charge in [-0.25, -0.2) is 13.2 Å². The number of amides is 1. The maximum atomic E-state index is 13.5. The highest BCUT2D eigenvalue weighted by Gasteiger charge is 2.32. The van der Waals surface area contributed by atoms with E-state index in [9.17, 15) is 18.0 Å². The topological polar surface area (TPSA) is 114 Å². The zero-order valence-corrected chi connectivity index (χ0v) is 22.1. The Morgan fingerprint density at radius 2 is 1.92 bits per heavy atom. The molecule has 2 aliphatic heterocycles. The molecule has 0 bridgehead atoms. The van der Waals surface area contributed by atoms with E-state index in [4.69, 9.17) is 25.8 Å². The van der Waals surface area contributed by atoms with Gasteiger partial charge in [0.1, 0.15) is 10.6 Å². The summed E-state index contributed by atoms with van der Waals surface area (Å²) in [5.41, 5.74) is 0.926. The van der Waals surface area contributed by atoms with E-state index in [2.05, 4.69) is 10.2 Å². The Morgan fingerprint density at radius 3 is 2.59 bits per heavy atom. The van der Waals surface area contributed by atoms with Crippen molar-refractivity contribution >= 4 is 39.2 Å². The van der Waals surface area contributed by atoms with Gasteiger partial charge in [0.2, 0.25) is 10.0 Å². The molecule has 2 saturated heterocycles. The molecule has 0 radical (unpaired) electrons. The van der Waals surface area contributed by atoms with E-state index in [0.717, 1.165) is 18.5 Å². The van der Waals surface area contributed by atoms with Gasteiger partial charge >= 0.3 is 5.97 Å². The number of nitrogens with zero attached hydrogens (tertiary/aromatic N) is 2. The van der Waals surface area contributed by atoms with E-state index < -0.39 is 28.5 Å². The third kappa shape index (κ3) is 6.72. The van der Waals surface area contributed by atoms with Crippen LogP contribution in [0.4, 0.5) is 5.69 Å². The Bertz CT molecular complexity index is 1230. The molecule has 0 aliphatic carbocycles. The van der Waals surface area contributed by atoms with Gasteiger partial charge in [0.05, 0.1) is 18.8 Å². The van der Waals surface area contributed by atoms with Gasteiger partial charge in [-0.05, 0) is 49.2 Å². The molecular weight excluding hydrogens is 522 g/mol. The van der Waals surface area contributed by atoms with Crippen molar-refractivity contribution in [1.29, 1.82) is 0 Å². The molecule has 1 unspecified atom stereocenters. The van der Waals surface area contributed by atoms with Crippen LogP contribution < -0.4 is 15.0 Å². The van der Waals surface area contributed by atoms with Crippen molar-refractivity contribution in [1.82, 2.24) is 9.62 Å². The Hall–Kier alpha value is -2.86. The van der Waals surface area contributed by atoms with Crippen molar-refractivity contribution < 1.29 is 32.2 Å². The Balaban J connectivity index is 1.39. The van der Waals surface area contributed by atoms with Crippen molar-refractivity contribution in [3.05, 3.63) is 53.1 Å². The zero-order valence-electron chi connectivity index (χ0n) is 20.5. The molecule has 0 spiro atoms. The lowest BCUT2D eigenvalue weighted by Gasteiger charge is -2.35. The Morgan fingerprint density at radius 1 is 1.14 bits per heavy atom. The second-order valence-electron chi connectivity index (χ2n) is 8.75. The third-order valence-electron chi connectivity index (χ3n) is 6.31. The fourth-order valence-corrected chi connectivity index (χ4v) is 6.09. The summed E-state index contributed by atoms with van der Waals surface area (Å²) < 4.78 is 44.2. The van der Waals surface area contributed by atoms with Crippen molar-refractivity contribution in [2.24, 2.45) is 0 Å². The molecule has 200 valence electrons. The van der Waals surface area contributed by atoms with Gasteiger partial charge in [-0.1, -0.05) is 17.7 Å². The predicted molar refractivity (Wildman–Crippen MR) is 138 cm³/mol. The van der Waals surface area contributed by atoms with Gasteiger partial charge in [0.25, 0.3) is 5.91 Å². The van der Waals surface area contributed by atoms with E-state index in [1.807, 2.05) is 18.2 Å². The summed E-state index contributed by atoms with van der Waals surface area (Å²) in [5.74, 6) is -1.15. The quantitative estimate of drug-likeness (QED) is 0.472. The molecule has 0 saturated carbocycles. The summed E-state index contributed by atoms with van der Waals surface area (Å²) in [4.78, 5) is 26.6. The number of ether oxygens (including phenoxy) is 3. The summed E-state index contributed by atoms with van der Waals surface area (Å²) in [7, 11) is -2.61. The van der Waals surface area contributed by atoms with E-state index in [1.165, 1.54) is 29.6 Å². The minimum absolute atomic E-state index is 0.00358. The smallest absolute Gasteiger partial charge is 0.338 e. The fraction of sp³-hybridized carbons (Fsp3) is 0.440. The van der Waals surface area contributed by atoms with E-state index in [-0.39, 0.29) is 35.4 Å². The van der Waals surface area contributed by atoms with Gasteiger partial charge in [-0.3, -0.25) is 4.79 Å². The van der Waals surface area contributed by atoms with Gasteiger partial charge in [0.15, 0.2) is 6.61 Å². The lowest BCUT2D eigenvalue weighted by molar-refractivity contribution is -0.124. The predicted octanol–water partition coefficient (Wildman–Crippen LogP) is 2.31. The lowest BCUT2D eigenvalue weighted by atomic mass is 10.2. The maximum Gasteiger partial charge on any atom is 0.338 e. The average molecular weight is 552 g/mol. The molecule has 0 aromatic heterocycles. The Kier molecular flexibility index (Phi) is 8.91. The van der Waals surface area contributed by atoms with Crippen LogP contribution in [0.3, 0.4) is 0 Å². The number of rotatable bonds is 9. The molecule has 4 rings (SSSR count). The molecule has 2 heterocycles. The van der Waals surface area contributed by atoms with Gasteiger partial charge < -0.3 is 24.4 Å². The standard InChI is InChI=1S/C25H30ClN3O7S/c1-34-22-8-7-18(25(31)36-17-24(30)27-16-21-6-3-13-35-21)14-23(22)37(32,33)29-11-9-28(10-12-29)20-5-2-4-19(26)15-20/h2,4-5,7-8,14-15,21H,3,6,9-13,16-17H2,1H3,(H,27,30). The first-order chi connectivity index (χ1) is 17.8. The highest BCUT2D eigenvalue weighted by atomic mass is 35.5. The molecule has 2 fully saturated rings. The summed E-state index contributed by atoms with van der Waals surface area (Å²) in [6.45, 7) is 2.00. The Labute approximate surface area is 221 Å². The van der Waals surface area contributed by atoms with Crippen LogP contribution in [0.1, 0.15) is 23.2 Å². The number of hydrogen-bond donors (Lipinski definition) is 1. The first-order valence-electron chi connectivity index (χ1n) is 12.0. The fourth-order valence-electron chi connectivity index (χ4n) is 4.30. The minimum atomic E-state index is -3.97. The van der Waals surface area contributed by atoms with Crippen molar-refractivity contribution in [2.75, 3.05) is 57.9 Å². The summed E-state index contributed by atoms with van der Waals surface area (Å²) in [6.07, 6.45) is 1.80. The number of anilines is 1. The number of carbonyl (C=O) groups is 2. The van der Waals surface area contributed by atoms with Crippen LogP contribution in [0.5, 0.6) is 5.75 Å². The molecule has 2 aromatic rings. The van der Waals surface area contributed by atoms with Crippen LogP contribution in [0.2, 0.25) is 5.02 Å². The average Bonchev–Trinajstić information content (AvgIpc) is 3.44. The summed E-state index contributed by atoms with van der Waals surface area (Å²) in [6, 6.07) is 11.4. The third-order valence-corrected chi connectivity index (χ3v) is 8.47. The van der Waals surface area contributed by atoms with Crippen molar-refractivity contribution in [3.8, 4) is 5.75 Å². The zero-order chi connectivity index (χ0) is 26.4. The maximum absolute atomic E-state index is 13.5. The number of sulfonamides is 1. The largest absolute Gasteiger partial charge is 0.495 e. The highest BCUT2D eigenvalue weighted by Crippen LogP contribution is 2.30. The molecule has 2 aromatic carbocycles. The van der Waals surface area contributed by atoms with Crippen LogP contribution in [-0.4, -0.2) is 83.8 Å². The van der Waals surface area contributed by atoms with Crippen LogP contribution >= 0.6 is 11.6 Å². The number of methoxy groups -OCH3 is 1.